The molecule has 110 valence electrons. The Kier molecular flexibility index (Phi) is 2.91. The van der Waals surface area contributed by atoms with E-state index in [9.17, 15) is 24.8 Å². The van der Waals surface area contributed by atoms with Crippen molar-refractivity contribution in [3.63, 3.8) is 0 Å². The third kappa shape index (κ3) is 1.69. The van der Waals surface area contributed by atoms with Crippen molar-refractivity contribution in [1.82, 2.24) is 0 Å². The van der Waals surface area contributed by atoms with Gasteiger partial charge in [-0.15, -0.1) is 0 Å². The van der Waals surface area contributed by atoms with Gasteiger partial charge in [-0.1, -0.05) is 12.1 Å². The zero-order chi connectivity index (χ0) is 16.0. The molecule has 0 aliphatic heterocycles. The highest BCUT2D eigenvalue weighted by atomic mass is 16.6. The van der Waals surface area contributed by atoms with Crippen molar-refractivity contribution >= 4 is 17.3 Å². The van der Waals surface area contributed by atoms with Crippen LogP contribution in [0.4, 0.5) is 5.69 Å². The number of aromatic hydroxyl groups is 1. The highest BCUT2D eigenvalue weighted by molar-refractivity contribution is 6.31. The summed E-state index contributed by atoms with van der Waals surface area (Å²) in [5.41, 5.74) is -1.21. The summed E-state index contributed by atoms with van der Waals surface area (Å²) in [7, 11) is 1.29. The lowest BCUT2D eigenvalue weighted by atomic mass is 9.82. The molecule has 0 saturated carbocycles. The minimum absolute atomic E-state index is 0.0489. The fourth-order valence-corrected chi connectivity index (χ4v) is 2.58. The number of phenols is 1. The van der Waals surface area contributed by atoms with Crippen LogP contribution in [-0.2, 0) is 0 Å². The van der Waals surface area contributed by atoms with E-state index in [1.54, 1.807) is 0 Å². The molecule has 0 aromatic heterocycles. The molecule has 0 spiro atoms. The smallest absolute Gasteiger partial charge is 0.281 e. The molecule has 2 aromatic rings. The van der Waals surface area contributed by atoms with Crippen LogP contribution in [0, 0.1) is 10.1 Å². The van der Waals surface area contributed by atoms with Gasteiger partial charge >= 0.3 is 0 Å². The average molecular weight is 299 g/mol. The maximum absolute atomic E-state index is 12.6. The monoisotopic (exact) mass is 299 g/mol. The maximum atomic E-state index is 12.6. The number of hydrogen-bond acceptors (Lipinski definition) is 6. The fraction of sp³-hybridized carbons (Fsp3) is 0.0667. The Morgan fingerprint density at radius 2 is 1.77 bits per heavy atom. The van der Waals surface area contributed by atoms with Crippen LogP contribution in [0.15, 0.2) is 30.3 Å². The summed E-state index contributed by atoms with van der Waals surface area (Å²) in [4.78, 5) is 35.6. The summed E-state index contributed by atoms with van der Waals surface area (Å²) in [6.07, 6.45) is 0. The van der Waals surface area contributed by atoms with Crippen LogP contribution in [-0.4, -0.2) is 28.7 Å². The van der Waals surface area contributed by atoms with E-state index >= 15 is 0 Å². The Labute approximate surface area is 123 Å². The first-order valence-electron chi connectivity index (χ1n) is 6.24. The molecule has 0 atom stereocenters. The van der Waals surface area contributed by atoms with Crippen molar-refractivity contribution in [3.8, 4) is 11.5 Å². The van der Waals surface area contributed by atoms with Gasteiger partial charge in [-0.2, -0.15) is 0 Å². The first-order valence-corrected chi connectivity index (χ1v) is 6.24. The maximum Gasteiger partial charge on any atom is 0.281 e. The second kappa shape index (κ2) is 4.66. The lowest BCUT2D eigenvalue weighted by molar-refractivity contribution is -0.385. The fourth-order valence-electron chi connectivity index (χ4n) is 2.58. The van der Waals surface area contributed by atoms with Gasteiger partial charge in [-0.25, -0.2) is 0 Å². The van der Waals surface area contributed by atoms with Crippen LogP contribution in [0.3, 0.4) is 0 Å². The quantitative estimate of drug-likeness (QED) is 0.573. The Morgan fingerprint density at radius 3 is 2.41 bits per heavy atom. The Hall–Kier alpha value is -3.22. The van der Waals surface area contributed by atoms with Gasteiger partial charge in [0.2, 0.25) is 11.6 Å². The summed E-state index contributed by atoms with van der Waals surface area (Å²) >= 11 is 0. The van der Waals surface area contributed by atoms with E-state index in [-0.39, 0.29) is 33.8 Å². The molecule has 0 heterocycles. The number of carbonyl (C=O) groups is 2. The van der Waals surface area contributed by atoms with E-state index < -0.39 is 22.2 Å². The summed E-state index contributed by atoms with van der Waals surface area (Å²) < 4.78 is 5.04. The van der Waals surface area contributed by atoms with Gasteiger partial charge in [-0.3, -0.25) is 19.7 Å². The zero-order valence-corrected chi connectivity index (χ0v) is 11.3. The van der Waals surface area contributed by atoms with Crippen molar-refractivity contribution in [2.24, 2.45) is 0 Å². The minimum Gasteiger partial charge on any atom is -0.507 e. The van der Waals surface area contributed by atoms with Crippen LogP contribution in [0.1, 0.15) is 31.8 Å². The predicted molar refractivity (Wildman–Crippen MR) is 74.6 cm³/mol. The van der Waals surface area contributed by atoms with Gasteiger partial charge in [0.15, 0.2) is 0 Å². The Morgan fingerprint density at radius 1 is 1.05 bits per heavy atom. The second-order valence-corrected chi connectivity index (χ2v) is 4.65. The van der Waals surface area contributed by atoms with Gasteiger partial charge in [0.1, 0.15) is 17.1 Å². The van der Waals surface area contributed by atoms with E-state index in [0.717, 1.165) is 6.07 Å². The number of ether oxygens (including phenoxy) is 1. The van der Waals surface area contributed by atoms with Crippen molar-refractivity contribution in [1.29, 1.82) is 0 Å². The van der Waals surface area contributed by atoms with Crippen molar-refractivity contribution in [3.05, 3.63) is 62.7 Å². The summed E-state index contributed by atoms with van der Waals surface area (Å²) in [6.45, 7) is 0. The van der Waals surface area contributed by atoms with Gasteiger partial charge in [0.25, 0.3) is 5.69 Å². The number of phenolic OH excluding ortho intramolecular Hbond substituents is 1. The molecular formula is C15H9NO6. The number of rotatable bonds is 2. The number of fused-ring (bicyclic) bond motifs is 2. The molecule has 0 saturated heterocycles. The first-order chi connectivity index (χ1) is 10.5. The Balaban J connectivity index is 2.43. The number of benzene rings is 2. The topological polar surface area (TPSA) is 107 Å². The van der Waals surface area contributed by atoms with Crippen LogP contribution >= 0.6 is 0 Å². The number of nitrogens with zero attached hydrogens (tertiary/aromatic N) is 1. The zero-order valence-electron chi connectivity index (χ0n) is 11.3. The van der Waals surface area contributed by atoms with Crippen LogP contribution in [0.2, 0.25) is 0 Å². The predicted octanol–water partition coefficient (Wildman–Crippen LogP) is 2.08. The van der Waals surface area contributed by atoms with E-state index in [1.165, 1.54) is 31.4 Å². The molecule has 0 bridgehead atoms. The molecular weight excluding hydrogens is 290 g/mol. The molecule has 1 aliphatic rings. The normalized spacial score (nSPS) is 12.6. The minimum atomic E-state index is -0.725. The molecule has 1 N–H and O–H groups in total. The molecule has 2 aromatic carbocycles. The highest BCUT2D eigenvalue weighted by Crippen LogP contribution is 2.40. The van der Waals surface area contributed by atoms with E-state index in [0.29, 0.717) is 0 Å². The van der Waals surface area contributed by atoms with Crippen LogP contribution in [0.5, 0.6) is 11.5 Å². The first kappa shape index (κ1) is 13.7. The number of carbonyl (C=O) groups excluding carboxylic acids is 2. The molecule has 0 fully saturated rings. The van der Waals surface area contributed by atoms with Gasteiger partial charge in [0, 0.05) is 11.6 Å². The summed E-state index contributed by atoms with van der Waals surface area (Å²) in [5.74, 6) is -1.67. The lowest BCUT2D eigenvalue weighted by Gasteiger charge is -2.19. The number of ketones is 2. The Bertz CT molecular complexity index is 855. The average Bonchev–Trinajstić information content (AvgIpc) is 2.50. The van der Waals surface area contributed by atoms with Crippen molar-refractivity contribution < 1.29 is 24.4 Å². The summed E-state index contributed by atoms with van der Waals surface area (Å²) in [6, 6.07) is 6.40. The van der Waals surface area contributed by atoms with Gasteiger partial charge in [0.05, 0.1) is 23.2 Å². The third-order valence-electron chi connectivity index (χ3n) is 3.53. The van der Waals surface area contributed by atoms with E-state index in [2.05, 4.69) is 0 Å². The van der Waals surface area contributed by atoms with Gasteiger partial charge in [-0.05, 0) is 12.1 Å². The van der Waals surface area contributed by atoms with Crippen molar-refractivity contribution in [2.45, 2.75) is 0 Å². The molecule has 3 rings (SSSR count). The number of hydrogen-bond donors (Lipinski definition) is 1. The molecule has 0 amide bonds. The van der Waals surface area contributed by atoms with Crippen LogP contribution < -0.4 is 4.74 Å². The van der Waals surface area contributed by atoms with Crippen molar-refractivity contribution in [2.75, 3.05) is 7.11 Å². The van der Waals surface area contributed by atoms with Gasteiger partial charge < -0.3 is 9.84 Å². The van der Waals surface area contributed by atoms with Crippen LogP contribution in [0.25, 0.3) is 0 Å². The lowest BCUT2D eigenvalue weighted by Crippen LogP contribution is -2.23. The van der Waals surface area contributed by atoms with E-state index in [4.69, 9.17) is 4.74 Å². The molecule has 7 nitrogen and oxygen atoms in total. The largest absolute Gasteiger partial charge is 0.507 e. The number of methoxy groups -OCH3 is 1. The number of nitro groups is 1. The highest BCUT2D eigenvalue weighted by Gasteiger charge is 2.39. The molecule has 22 heavy (non-hydrogen) atoms. The molecule has 0 radical (unpaired) electrons. The molecule has 0 unspecified atom stereocenters. The SMILES string of the molecule is COc1ccc([N+](=O)[O-])c2c1C(=O)c1c(O)cccc1C2=O. The standard InChI is InChI=1S/C15H9NO6/c1-22-10-6-5-8(16(20)21)12-13(10)15(19)11-7(14(12)18)3-2-4-9(11)17/h2-6,17H,1H3. The third-order valence-corrected chi connectivity index (χ3v) is 3.53. The molecule has 7 heteroatoms. The second-order valence-electron chi connectivity index (χ2n) is 4.65. The van der Waals surface area contributed by atoms with E-state index in [1.807, 2.05) is 0 Å². The summed E-state index contributed by atoms with van der Waals surface area (Å²) in [5, 5.41) is 21.0. The number of nitro benzene ring substituents is 1. The molecule has 1 aliphatic carbocycles.